The lowest BCUT2D eigenvalue weighted by molar-refractivity contribution is 0.185. The number of hydrogen-bond acceptors (Lipinski definition) is 3. The summed E-state index contributed by atoms with van der Waals surface area (Å²) < 4.78 is 5.33. The number of anilines is 1. The summed E-state index contributed by atoms with van der Waals surface area (Å²) in [5.74, 6) is 0.719. The molecule has 0 aromatic heterocycles. The quantitative estimate of drug-likeness (QED) is 0.716. The van der Waals surface area contributed by atoms with Crippen molar-refractivity contribution in [2.24, 2.45) is 5.92 Å². The highest BCUT2D eigenvalue weighted by atomic mass is 16.5. The summed E-state index contributed by atoms with van der Waals surface area (Å²) >= 11 is 0. The van der Waals surface area contributed by atoms with E-state index in [1.807, 2.05) is 18.2 Å². The van der Waals surface area contributed by atoms with E-state index in [0.29, 0.717) is 0 Å². The van der Waals surface area contributed by atoms with Crippen LogP contribution in [0.15, 0.2) is 30.3 Å². The van der Waals surface area contributed by atoms with Gasteiger partial charge >= 0.3 is 0 Å². The lowest BCUT2D eigenvalue weighted by Crippen LogP contribution is -2.27. The van der Waals surface area contributed by atoms with Crippen molar-refractivity contribution in [1.82, 2.24) is 5.32 Å². The summed E-state index contributed by atoms with van der Waals surface area (Å²) in [5.41, 5.74) is 1.19. The van der Waals surface area contributed by atoms with E-state index in [9.17, 15) is 0 Å². The van der Waals surface area contributed by atoms with Crippen molar-refractivity contribution < 1.29 is 4.74 Å². The molecule has 0 aliphatic carbocycles. The molecule has 1 aliphatic rings. The molecule has 1 unspecified atom stereocenters. The SMILES string of the molecule is c1ccc(NCCNCC2CCOC2)cc1. The molecular weight excluding hydrogens is 200 g/mol. The Balaban J connectivity index is 1.52. The van der Waals surface area contributed by atoms with Crippen molar-refractivity contribution in [1.29, 1.82) is 0 Å². The second-order valence-corrected chi connectivity index (χ2v) is 4.23. The number of nitrogens with one attached hydrogen (secondary N) is 2. The Morgan fingerprint density at radius 3 is 2.81 bits per heavy atom. The number of ether oxygens (including phenoxy) is 1. The zero-order chi connectivity index (χ0) is 11.1. The molecule has 1 atom stereocenters. The van der Waals surface area contributed by atoms with Crippen LogP contribution in [0.1, 0.15) is 6.42 Å². The Morgan fingerprint density at radius 2 is 2.06 bits per heavy atom. The van der Waals surface area contributed by atoms with Gasteiger partial charge in [-0.05, 0) is 24.5 Å². The highest BCUT2D eigenvalue weighted by molar-refractivity contribution is 5.42. The van der Waals surface area contributed by atoms with Gasteiger partial charge in [0.25, 0.3) is 0 Å². The normalized spacial score (nSPS) is 19.9. The first-order valence-electron chi connectivity index (χ1n) is 6.02. The predicted molar refractivity (Wildman–Crippen MR) is 66.7 cm³/mol. The van der Waals surface area contributed by atoms with E-state index in [4.69, 9.17) is 4.74 Å². The Labute approximate surface area is 97.2 Å². The third-order valence-corrected chi connectivity index (χ3v) is 2.86. The minimum atomic E-state index is 0.719. The maximum absolute atomic E-state index is 5.33. The number of rotatable bonds is 6. The van der Waals surface area contributed by atoms with E-state index in [1.165, 1.54) is 12.1 Å². The average Bonchev–Trinajstić information content (AvgIpc) is 2.83. The molecule has 2 rings (SSSR count). The Morgan fingerprint density at radius 1 is 1.19 bits per heavy atom. The topological polar surface area (TPSA) is 33.3 Å². The second kappa shape index (κ2) is 6.51. The van der Waals surface area contributed by atoms with Crippen LogP contribution in [0.3, 0.4) is 0 Å². The average molecular weight is 220 g/mol. The van der Waals surface area contributed by atoms with Gasteiger partial charge in [-0.2, -0.15) is 0 Å². The van der Waals surface area contributed by atoms with Crippen LogP contribution in [0.5, 0.6) is 0 Å². The molecule has 0 radical (unpaired) electrons. The van der Waals surface area contributed by atoms with Crippen molar-refractivity contribution in [3.05, 3.63) is 30.3 Å². The van der Waals surface area contributed by atoms with Gasteiger partial charge in [0.1, 0.15) is 0 Å². The molecule has 16 heavy (non-hydrogen) atoms. The molecule has 1 fully saturated rings. The molecule has 88 valence electrons. The van der Waals surface area contributed by atoms with E-state index in [0.717, 1.165) is 38.8 Å². The summed E-state index contributed by atoms with van der Waals surface area (Å²) in [7, 11) is 0. The molecule has 0 bridgehead atoms. The maximum atomic E-state index is 5.33. The van der Waals surface area contributed by atoms with Crippen LogP contribution in [-0.2, 0) is 4.74 Å². The van der Waals surface area contributed by atoms with Gasteiger partial charge < -0.3 is 15.4 Å². The number of hydrogen-bond donors (Lipinski definition) is 2. The largest absolute Gasteiger partial charge is 0.384 e. The summed E-state index contributed by atoms with van der Waals surface area (Å²) in [4.78, 5) is 0. The van der Waals surface area contributed by atoms with Crippen LogP contribution in [0.2, 0.25) is 0 Å². The first-order chi connectivity index (χ1) is 7.95. The minimum absolute atomic E-state index is 0.719. The van der Waals surface area contributed by atoms with Crippen LogP contribution in [0.4, 0.5) is 5.69 Å². The van der Waals surface area contributed by atoms with Crippen LogP contribution in [-0.4, -0.2) is 32.8 Å². The van der Waals surface area contributed by atoms with E-state index in [-0.39, 0.29) is 0 Å². The molecule has 1 saturated heterocycles. The van der Waals surface area contributed by atoms with Crippen LogP contribution < -0.4 is 10.6 Å². The molecule has 1 aromatic rings. The molecule has 0 spiro atoms. The molecule has 3 heteroatoms. The first kappa shape index (κ1) is 11.4. The summed E-state index contributed by atoms with van der Waals surface area (Å²) in [6.07, 6.45) is 1.21. The fourth-order valence-electron chi connectivity index (χ4n) is 1.90. The number of benzene rings is 1. The van der Waals surface area contributed by atoms with Crippen molar-refractivity contribution in [2.45, 2.75) is 6.42 Å². The van der Waals surface area contributed by atoms with Gasteiger partial charge in [0, 0.05) is 31.9 Å². The first-order valence-corrected chi connectivity index (χ1v) is 6.02. The minimum Gasteiger partial charge on any atom is -0.384 e. The highest BCUT2D eigenvalue weighted by Crippen LogP contribution is 2.10. The smallest absolute Gasteiger partial charge is 0.0507 e. The molecule has 1 aliphatic heterocycles. The van der Waals surface area contributed by atoms with Gasteiger partial charge in [0.05, 0.1) is 6.61 Å². The van der Waals surface area contributed by atoms with Gasteiger partial charge in [-0.3, -0.25) is 0 Å². The van der Waals surface area contributed by atoms with Crippen molar-refractivity contribution in [3.63, 3.8) is 0 Å². The third kappa shape index (κ3) is 3.83. The van der Waals surface area contributed by atoms with Crippen molar-refractivity contribution in [3.8, 4) is 0 Å². The lowest BCUT2D eigenvalue weighted by atomic mass is 10.1. The molecule has 3 nitrogen and oxygen atoms in total. The van der Waals surface area contributed by atoms with Crippen LogP contribution in [0, 0.1) is 5.92 Å². The zero-order valence-corrected chi connectivity index (χ0v) is 9.61. The van der Waals surface area contributed by atoms with E-state index in [2.05, 4.69) is 22.8 Å². The molecule has 0 saturated carbocycles. The summed E-state index contributed by atoms with van der Waals surface area (Å²) in [6, 6.07) is 10.3. The number of para-hydroxylation sites is 1. The summed E-state index contributed by atoms with van der Waals surface area (Å²) in [6.45, 7) is 4.92. The standard InChI is InChI=1S/C13H20N2O/c1-2-4-13(5-3-1)15-8-7-14-10-12-6-9-16-11-12/h1-5,12,14-15H,6-11H2. The van der Waals surface area contributed by atoms with Crippen LogP contribution >= 0.6 is 0 Å². The molecule has 2 N–H and O–H groups in total. The zero-order valence-electron chi connectivity index (χ0n) is 9.61. The van der Waals surface area contributed by atoms with E-state index < -0.39 is 0 Å². The van der Waals surface area contributed by atoms with Crippen molar-refractivity contribution >= 4 is 5.69 Å². The van der Waals surface area contributed by atoms with Gasteiger partial charge in [-0.25, -0.2) is 0 Å². The lowest BCUT2D eigenvalue weighted by Gasteiger charge is -2.10. The van der Waals surface area contributed by atoms with Crippen LogP contribution in [0.25, 0.3) is 0 Å². The maximum Gasteiger partial charge on any atom is 0.0507 e. The Hall–Kier alpha value is -1.06. The predicted octanol–water partition coefficient (Wildman–Crippen LogP) is 1.72. The molecule has 1 heterocycles. The monoisotopic (exact) mass is 220 g/mol. The van der Waals surface area contributed by atoms with Crippen molar-refractivity contribution in [2.75, 3.05) is 38.2 Å². The molecule has 1 aromatic carbocycles. The van der Waals surface area contributed by atoms with Gasteiger partial charge in [0.2, 0.25) is 0 Å². The van der Waals surface area contributed by atoms with Gasteiger partial charge in [-0.1, -0.05) is 18.2 Å². The molecule has 0 amide bonds. The van der Waals surface area contributed by atoms with Gasteiger partial charge in [0.15, 0.2) is 0 Å². The summed E-state index contributed by atoms with van der Waals surface area (Å²) in [5, 5.41) is 6.83. The van der Waals surface area contributed by atoms with E-state index >= 15 is 0 Å². The molecular formula is C13H20N2O. The Kier molecular flexibility index (Phi) is 4.65. The fraction of sp³-hybridized carbons (Fsp3) is 0.538. The Bertz CT molecular complexity index is 283. The van der Waals surface area contributed by atoms with Gasteiger partial charge in [-0.15, -0.1) is 0 Å². The fourth-order valence-corrected chi connectivity index (χ4v) is 1.90. The second-order valence-electron chi connectivity index (χ2n) is 4.23. The van der Waals surface area contributed by atoms with E-state index in [1.54, 1.807) is 0 Å². The highest BCUT2D eigenvalue weighted by Gasteiger charge is 2.14. The third-order valence-electron chi connectivity index (χ3n) is 2.86.